The zero-order valence-electron chi connectivity index (χ0n) is 24.2. The first kappa shape index (κ1) is 28.2. The first-order chi connectivity index (χ1) is 17.6. The molecule has 1 aliphatic carbocycles. The molecule has 2 atom stereocenters. The lowest BCUT2D eigenvalue weighted by Gasteiger charge is -2.49. The Morgan fingerprint density at radius 3 is 2.21 bits per heavy atom. The second-order valence-electron chi connectivity index (χ2n) is 13.4. The van der Waals surface area contributed by atoms with Crippen LogP contribution in [0.4, 0.5) is 21.1 Å². The van der Waals surface area contributed by atoms with Crippen molar-refractivity contribution in [1.29, 1.82) is 0 Å². The summed E-state index contributed by atoms with van der Waals surface area (Å²) < 4.78 is 17.0. The molecule has 38 heavy (non-hydrogen) atoms. The fourth-order valence-electron chi connectivity index (χ4n) is 5.14. The van der Waals surface area contributed by atoms with Gasteiger partial charge < -0.3 is 19.1 Å². The number of rotatable bonds is 3. The summed E-state index contributed by atoms with van der Waals surface area (Å²) in [6.07, 6.45) is 4.35. The molecule has 3 aliphatic rings. The predicted octanol–water partition coefficient (Wildman–Crippen LogP) is 5.85. The van der Waals surface area contributed by atoms with E-state index in [1.54, 1.807) is 0 Å². The van der Waals surface area contributed by atoms with E-state index >= 15 is 0 Å². The van der Waals surface area contributed by atoms with Crippen molar-refractivity contribution >= 4 is 29.3 Å². The highest BCUT2D eigenvalue weighted by atomic mass is 16.6. The van der Waals surface area contributed by atoms with E-state index in [1.165, 1.54) is 0 Å². The summed E-state index contributed by atoms with van der Waals surface area (Å²) in [5.41, 5.74) is 1.64. The van der Waals surface area contributed by atoms with Gasteiger partial charge in [0.05, 0.1) is 36.7 Å². The van der Waals surface area contributed by atoms with E-state index in [9.17, 15) is 9.59 Å². The second kappa shape index (κ2) is 10.4. The standard InChI is InChI=1S/C29H44N4O5/c1-27(2,3)37-25(34)30-22-9-10-23(31-24(22)19-11-13-29(7,8)14-12-19)32-15-20-17-36-18-21(16-32)33(20)26(35)38-28(4,5)6/h9-11,20-21H,12-18H2,1-8H3,(H,30,34). The predicted molar refractivity (Wildman–Crippen MR) is 148 cm³/mol. The van der Waals surface area contributed by atoms with Crippen LogP contribution in [0, 0.1) is 5.41 Å². The van der Waals surface area contributed by atoms with Crippen LogP contribution >= 0.6 is 0 Å². The van der Waals surface area contributed by atoms with E-state index in [0.29, 0.717) is 32.0 Å². The van der Waals surface area contributed by atoms with Gasteiger partial charge >= 0.3 is 12.2 Å². The monoisotopic (exact) mass is 528 g/mol. The number of hydrogen-bond donors (Lipinski definition) is 1. The topological polar surface area (TPSA) is 93.2 Å². The van der Waals surface area contributed by atoms with Crippen molar-refractivity contribution in [3.8, 4) is 0 Å². The molecule has 1 aromatic heterocycles. The number of anilines is 2. The molecule has 1 N–H and O–H groups in total. The number of piperazine rings is 1. The van der Waals surface area contributed by atoms with E-state index in [2.05, 4.69) is 30.1 Å². The third kappa shape index (κ3) is 6.98. The number of ether oxygens (including phenoxy) is 3. The van der Waals surface area contributed by atoms with E-state index in [4.69, 9.17) is 19.2 Å². The van der Waals surface area contributed by atoms with Gasteiger partial charge in [-0.05, 0) is 83.9 Å². The highest BCUT2D eigenvalue weighted by molar-refractivity contribution is 5.89. The normalized spacial score (nSPS) is 23.4. The first-order valence-electron chi connectivity index (χ1n) is 13.6. The number of nitrogens with zero attached hydrogens (tertiary/aromatic N) is 3. The lowest BCUT2D eigenvalue weighted by molar-refractivity contribution is -0.0666. The van der Waals surface area contributed by atoms with E-state index in [0.717, 1.165) is 36.3 Å². The highest BCUT2D eigenvalue weighted by Gasteiger charge is 2.43. The van der Waals surface area contributed by atoms with Crippen molar-refractivity contribution in [3.05, 3.63) is 23.9 Å². The van der Waals surface area contributed by atoms with Crippen LogP contribution in [0.5, 0.6) is 0 Å². The van der Waals surface area contributed by atoms with Gasteiger partial charge in [0.2, 0.25) is 0 Å². The van der Waals surface area contributed by atoms with Crippen LogP contribution in [0.2, 0.25) is 0 Å². The molecule has 2 unspecified atom stereocenters. The summed E-state index contributed by atoms with van der Waals surface area (Å²) >= 11 is 0. The first-order valence-corrected chi connectivity index (χ1v) is 13.6. The molecule has 0 saturated carbocycles. The molecule has 2 saturated heterocycles. The number of nitrogens with one attached hydrogen (secondary N) is 1. The summed E-state index contributed by atoms with van der Waals surface area (Å²) in [4.78, 5) is 34.8. The van der Waals surface area contributed by atoms with E-state index < -0.39 is 17.3 Å². The maximum atomic E-state index is 13.0. The molecule has 2 fully saturated rings. The molecule has 0 radical (unpaired) electrons. The summed E-state index contributed by atoms with van der Waals surface area (Å²) in [6.45, 7) is 17.8. The molecule has 0 aromatic carbocycles. The van der Waals surface area contributed by atoms with Crippen LogP contribution in [0.1, 0.15) is 80.3 Å². The molecule has 9 nitrogen and oxygen atoms in total. The van der Waals surface area contributed by atoms with E-state index in [-0.39, 0.29) is 23.6 Å². The number of allylic oxidation sites excluding steroid dienone is 2. The van der Waals surface area contributed by atoms with Crippen molar-refractivity contribution in [2.24, 2.45) is 5.41 Å². The number of fused-ring (bicyclic) bond motifs is 2. The third-order valence-corrected chi connectivity index (χ3v) is 6.99. The molecule has 2 aliphatic heterocycles. The zero-order chi connectivity index (χ0) is 27.9. The van der Waals surface area contributed by atoms with Crippen molar-refractivity contribution in [1.82, 2.24) is 9.88 Å². The molecule has 0 spiro atoms. The van der Waals surface area contributed by atoms with Crippen molar-refractivity contribution in [2.45, 2.75) is 97.9 Å². The number of morpholine rings is 1. The molecule has 1 aromatic rings. The SMILES string of the molecule is CC1(C)CC=C(c2nc(N3CC4COCC(C3)N4C(=O)OC(C)(C)C)ccc2NC(=O)OC(C)(C)C)CC1. The van der Waals surface area contributed by atoms with Crippen LogP contribution in [0.15, 0.2) is 18.2 Å². The molecule has 3 heterocycles. The molecule has 2 amide bonds. The Kier molecular flexibility index (Phi) is 7.72. The van der Waals surface area contributed by atoms with Gasteiger partial charge in [-0.15, -0.1) is 0 Å². The lowest BCUT2D eigenvalue weighted by atomic mass is 9.77. The minimum Gasteiger partial charge on any atom is -0.444 e. The molecule has 210 valence electrons. The van der Waals surface area contributed by atoms with Gasteiger partial charge in [-0.25, -0.2) is 14.6 Å². The Balaban J connectivity index is 1.60. The largest absolute Gasteiger partial charge is 0.444 e. The fraction of sp³-hybridized carbons (Fsp3) is 0.690. The zero-order valence-corrected chi connectivity index (χ0v) is 24.2. The number of carbonyl (C=O) groups is 2. The Bertz CT molecular complexity index is 1070. The van der Waals surface area contributed by atoms with Gasteiger partial charge in [-0.2, -0.15) is 0 Å². The molecule has 9 heteroatoms. The number of hydrogen-bond acceptors (Lipinski definition) is 7. The van der Waals surface area contributed by atoms with E-state index in [1.807, 2.05) is 58.6 Å². The molecule has 4 rings (SSSR count). The fourth-order valence-corrected chi connectivity index (χ4v) is 5.14. The average Bonchev–Trinajstić information content (AvgIpc) is 2.76. The number of aromatic nitrogens is 1. The molecular formula is C29H44N4O5. The minimum atomic E-state index is -0.598. The average molecular weight is 529 g/mol. The van der Waals surface area contributed by atoms with Crippen molar-refractivity contribution < 1.29 is 23.8 Å². The Morgan fingerprint density at radius 2 is 1.66 bits per heavy atom. The van der Waals surface area contributed by atoms with Crippen LogP contribution in [0.25, 0.3) is 5.57 Å². The molecule has 2 bridgehead atoms. The maximum Gasteiger partial charge on any atom is 0.412 e. The number of amides is 2. The maximum absolute atomic E-state index is 13.0. The summed E-state index contributed by atoms with van der Waals surface area (Å²) in [5.74, 6) is 0.821. The van der Waals surface area contributed by atoms with Crippen molar-refractivity contribution in [3.63, 3.8) is 0 Å². The minimum absolute atomic E-state index is 0.128. The summed E-state index contributed by atoms with van der Waals surface area (Å²) in [6, 6.07) is 3.59. The second-order valence-corrected chi connectivity index (χ2v) is 13.4. The van der Waals surface area contributed by atoms with Crippen LogP contribution < -0.4 is 10.2 Å². The Labute approximate surface area is 226 Å². The molecular weight excluding hydrogens is 484 g/mol. The van der Waals surface area contributed by atoms with Crippen LogP contribution in [-0.4, -0.2) is 71.7 Å². The Morgan fingerprint density at radius 1 is 1.03 bits per heavy atom. The van der Waals surface area contributed by atoms with Crippen LogP contribution in [-0.2, 0) is 14.2 Å². The van der Waals surface area contributed by atoms with Gasteiger partial charge in [-0.1, -0.05) is 19.9 Å². The lowest BCUT2D eigenvalue weighted by Crippen LogP contribution is -2.66. The van der Waals surface area contributed by atoms with Gasteiger partial charge in [0, 0.05) is 13.1 Å². The third-order valence-electron chi connectivity index (χ3n) is 6.99. The smallest absolute Gasteiger partial charge is 0.412 e. The quantitative estimate of drug-likeness (QED) is 0.526. The summed E-state index contributed by atoms with van der Waals surface area (Å²) in [5, 5.41) is 2.93. The Hall–Kier alpha value is -2.81. The van der Waals surface area contributed by atoms with Crippen molar-refractivity contribution in [2.75, 3.05) is 36.5 Å². The number of pyridine rings is 1. The van der Waals surface area contributed by atoms with Gasteiger partial charge in [0.25, 0.3) is 0 Å². The summed E-state index contributed by atoms with van der Waals surface area (Å²) in [7, 11) is 0. The van der Waals surface area contributed by atoms with Gasteiger partial charge in [-0.3, -0.25) is 10.2 Å². The van der Waals surface area contributed by atoms with Crippen LogP contribution in [0.3, 0.4) is 0 Å². The highest BCUT2D eigenvalue weighted by Crippen LogP contribution is 2.40. The van der Waals surface area contributed by atoms with Gasteiger partial charge in [0.15, 0.2) is 0 Å². The number of carbonyl (C=O) groups excluding carboxylic acids is 2. The van der Waals surface area contributed by atoms with Gasteiger partial charge in [0.1, 0.15) is 17.0 Å².